The second kappa shape index (κ2) is 8.22. The molecule has 6 rings (SSSR count). The molecule has 1 heterocycles. The normalized spacial score (nSPS) is 34.0. The third kappa shape index (κ3) is 4.20. The fourth-order valence-corrected chi connectivity index (χ4v) is 6.63. The molecule has 4 saturated carbocycles. The number of carbonyl (C=O) groups is 2. The van der Waals surface area contributed by atoms with E-state index in [1.54, 1.807) is 12.1 Å². The minimum absolute atomic E-state index is 0.0205. The molecule has 4 bridgehead atoms. The topological polar surface area (TPSA) is 76.7 Å². The lowest BCUT2D eigenvalue weighted by atomic mass is 9.53. The van der Waals surface area contributed by atoms with Crippen molar-refractivity contribution in [1.29, 1.82) is 0 Å². The van der Waals surface area contributed by atoms with Crippen molar-refractivity contribution in [2.75, 3.05) is 19.8 Å². The van der Waals surface area contributed by atoms with Crippen LogP contribution in [0.2, 0.25) is 0 Å². The number of rotatable bonds is 7. The Morgan fingerprint density at radius 1 is 1.07 bits per heavy atom. The predicted molar refractivity (Wildman–Crippen MR) is 112 cm³/mol. The number of para-hydroxylation sites is 1. The number of nitrogens with one attached hydrogen (secondary N) is 2. The highest BCUT2D eigenvalue weighted by molar-refractivity contribution is 5.97. The van der Waals surface area contributed by atoms with Gasteiger partial charge in [-0.05, 0) is 81.3 Å². The molecule has 1 atom stereocenters. The average Bonchev–Trinajstić information content (AvgIpc) is 3.23. The van der Waals surface area contributed by atoms with Gasteiger partial charge < -0.3 is 20.1 Å². The Kier molecular flexibility index (Phi) is 5.44. The SMILES string of the molecule is O=C(COc1ccccc1C(=O)NC[C@@H]1CCCO1)NC12CC3CC(CC(C3)C1)C2. The minimum atomic E-state index is -0.192. The summed E-state index contributed by atoms with van der Waals surface area (Å²) in [5.74, 6) is 2.53. The summed E-state index contributed by atoms with van der Waals surface area (Å²) in [4.78, 5) is 25.3. The van der Waals surface area contributed by atoms with Gasteiger partial charge in [-0.3, -0.25) is 9.59 Å². The quantitative estimate of drug-likeness (QED) is 0.722. The Labute approximate surface area is 178 Å². The van der Waals surface area contributed by atoms with Crippen molar-refractivity contribution in [1.82, 2.24) is 10.6 Å². The number of carbonyl (C=O) groups excluding carboxylic acids is 2. The molecule has 1 aromatic carbocycles. The van der Waals surface area contributed by atoms with Crippen LogP contribution in [0.1, 0.15) is 61.7 Å². The van der Waals surface area contributed by atoms with Crippen LogP contribution in [-0.4, -0.2) is 43.2 Å². The zero-order valence-electron chi connectivity index (χ0n) is 17.5. The summed E-state index contributed by atoms with van der Waals surface area (Å²) in [5, 5.41) is 6.25. The largest absolute Gasteiger partial charge is 0.483 e. The van der Waals surface area contributed by atoms with Crippen LogP contribution in [0.5, 0.6) is 5.75 Å². The van der Waals surface area contributed by atoms with Crippen molar-refractivity contribution in [3.63, 3.8) is 0 Å². The molecule has 5 aliphatic rings. The molecule has 0 radical (unpaired) electrons. The van der Waals surface area contributed by atoms with Crippen molar-refractivity contribution in [2.45, 2.75) is 63.0 Å². The third-order valence-corrected chi connectivity index (χ3v) is 7.45. The maximum Gasteiger partial charge on any atom is 0.258 e. The summed E-state index contributed by atoms with van der Waals surface area (Å²) in [6.45, 7) is 1.20. The molecule has 6 heteroatoms. The lowest BCUT2D eigenvalue weighted by molar-refractivity contribution is -0.128. The maximum atomic E-state index is 12.7. The Balaban J connectivity index is 1.16. The van der Waals surface area contributed by atoms with Gasteiger partial charge in [-0.2, -0.15) is 0 Å². The van der Waals surface area contributed by atoms with E-state index in [1.807, 2.05) is 12.1 Å². The molecule has 1 saturated heterocycles. The summed E-state index contributed by atoms with van der Waals surface area (Å²) >= 11 is 0. The minimum Gasteiger partial charge on any atom is -0.483 e. The molecule has 1 aromatic rings. The number of hydrogen-bond acceptors (Lipinski definition) is 4. The fourth-order valence-electron chi connectivity index (χ4n) is 6.63. The summed E-state index contributed by atoms with van der Waals surface area (Å²) in [6.07, 6.45) is 9.50. The number of amides is 2. The molecule has 4 aliphatic carbocycles. The Bertz CT molecular complexity index is 767. The van der Waals surface area contributed by atoms with E-state index in [1.165, 1.54) is 19.3 Å². The van der Waals surface area contributed by atoms with E-state index in [0.717, 1.165) is 56.5 Å². The van der Waals surface area contributed by atoms with Crippen LogP contribution in [0, 0.1) is 17.8 Å². The van der Waals surface area contributed by atoms with E-state index in [-0.39, 0.29) is 30.1 Å². The summed E-state index contributed by atoms with van der Waals surface area (Å²) in [7, 11) is 0. The molecule has 30 heavy (non-hydrogen) atoms. The number of benzene rings is 1. The standard InChI is InChI=1S/C24H32N2O4/c27-22(26-24-11-16-8-17(12-24)10-18(9-16)13-24)15-30-21-6-2-1-5-20(21)23(28)25-14-19-4-3-7-29-19/h1-2,5-6,16-19H,3-4,7-15H2,(H,25,28)(H,26,27)/t16?,17?,18?,19-,24?/m0/s1. The molecule has 6 nitrogen and oxygen atoms in total. The first-order valence-corrected chi connectivity index (χ1v) is 11.5. The van der Waals surface area contributed by atoms with Gasteiger partial charge in [0.15, 0.2) is 6.61 Å². The van der Waals surface area contributed by atoms with Crippen LogP contribution in [0.3, 0.4) is 0 Å². The molecule has 0 unspecified atom stereocenters. The van der Waals surface area contributed by atoms with E-state index in [2.05, 4.69) is 10.6 Å². The van der Waals surface area contributed by atoms with E-state index in [0.29, 0.717) is 17.9 Å². The molecule has 0 spiro atoms. The molecule has 2 amide bonds. The Hall–Kier alpha value is -2.08. The van der Waals surface area contributed by atoms with Gasteiger partial charge in [-0.1, -0.05) is 12.1 Å². The highest BCUT2D eigenvalue weighted by atomic mass is 16.5. The predicted octanol–water partition coefficient (Wildman–Crippen LogP) is 3.06. The van der Waals surface area contributed by atoms with Gasteiger partial charge >= 0.3 is 0 Å². The van der Waals surface area contributed by atoms with Crippen molar-refractivity contribution in [3.8, 4) is 5.75 Å². The van der Waals surface area contributed by atoms with Crippen molar-refractivity contribution in [3.05, 3.63) is 29.8 Å². The van der Waals surface area contributed by atoms with Gasteiger partial charge in [0.25, 0.3) is 11.8 Å². The smallest absolute Gasteiger partial charge is 0.258 e. The van der Waals surface area contributed by atoms with Gasteiger partial charge in [0.1, 0.15) is 5.75 Å². The van der Waals surface area contributed by atoms with Crippen LogP contribution in [-0.2, 0) is 9.53 Å². The van der Waals surface area contributed by atoms with Crippen molar-refractivity contribution >= 4 is 11.8 Å². The molecule has 5 fully saturated rings. The lowest BCUT2D eigenvalue weighted by Gasteiger charge is -2.56. The average molecular weight is 413 g/mol. The van der Waals surface area contributed by atoms with Crippen LogP contribution >= 0.6 is 0 Å². The Morgan fingerprint density at radius 2 is 1.77 bits per heavy atom. The van der Waals surface area contributed by atoms with Crippen LogP contribution in [0.4, 0.5) is 0 Å². The fraction of sp³-hybridized carbons (Fsp3) is 0.667. The molecular weight excluding hydrogens is 380 g/mol. The van der Waals surface area contributed by atoms with Crippen molar-refractivity contribution < 1.29 is 19.1 Å². The first kappa shape index (κ1) is 19.9. The molecule has 162 valence electrons. The first-order chi connectivity index (χ1) is 14.6. The van der Waals surface area contributed by atoms with E-state index < -0.39 is 0 Å². The van der Waals surface area contributed by atoms with E-state index >= 15 is 0 Å². The van der Waals surface area contributed by atoms with Crippen LogP contribution < -0.4 is 15.4 Å². The zero-order valence-corrected chi connectivity index (χ0v) is 17.5. The second-order valence-electron chi connectivity index (χ2n) is 9.88. The lowest BCUT2D eigenvalue weighted by Crippen LogP contribution is -2.60. The van der Waals surface area contributed by atoms with Gasteiger partial charge in [0.2, 0.25) is 0 Å². The second-order valence-corrected chi connectivity index (χ2v) is 9.88. The number of ether oxygens (including phenoxy) is 2. The molecule has 2 N–H and O–H groups in total. The summed E-state index contributed by atoms with van der Waals surface area (Å²) < 4.78 is 11.4. The molecular formula is C24H32N2O4. The zero-order chi connectivity index (χ0) is 20.6. The van der Waals surface area contributed by atoms with Crippen LogP contribution in [0.25, 0.3) is 0 Å². The van der Waals surface area contributed by atoms with Crippen LogP contribution in [0.15, 0.2) is 24.3 Å². The van der Waals surface area contributed by atoms with Gasteiger partial charge in [0, 0.05) is 18.7 Å². The van der Waals surface area contributed by atoms with Gasteiger partial charge in [0.05, 0.1) is 11.7 Å². The van der Waals surface area contributed by atoms with E-state index in [4.69, 9.17) is 9.47 Å². The highest BCUT2D eigenvalue weighted by Gasteiger charge is 2.51. The molecule has 1 aliphatic heterocycles. The van der Waals surface area contributed by atoms with Gasteiger partial charge in [-0.25, -0.2) is 0 Å². The highest BCUT2D eigenvalue weighted by Crippen LogP contribution is 2.55. The summed E-state index contributed by atoms with van der Waals surface area (Å²) in [5.41, 5.74) is 0.436. The van der Waals surface area contributed by atoms with Gasteiger partial charge in [-0.15, -0.1) is 0 Å². The summed E-state index contributed by atoms with van der Waals surface area (Å²) in [6, 6.07) is 7.11. The third-order valence-electron chi connectivity index (χ3n) is 7.45. The molecule has 0 aromatic heterocycles. The van der Waals surface area contributed by atoms with E-state index in [9.17, 15) is 9.59 Å². The Morgan fingerprint density at radius 3 is 2.43 bits per heavy atom. The first-order valence-electron chi connectivity index (χ1n) is 11.5. The number of hydrogen-bond donors (Lipinski definition) is 2. The van der Waals surface area contributed by atoms with Crippen molar-refractivity contribution in [2.24, 2.45) is 17.8 Å². The maximum absolute atomic E-state index is 12.7. The monoisotopic (exact) mass is 412 g/mol.